The third kappa shape index (κ3) is 22.5. The van der Waals surface area contributed by atoms with Crippen LogP contribution in [0.25, 0.3) is 0 Å². The summed E-state index contributed by atoms with van der Waals surface area (Å²) in [5.74, 6) is 0. The molecule has 0 amide bonds. The van der Waals surface area contributed by atoms with Crippen molar-refractivity contribution in [3.63, 3.8) is 0 Å². The first-order valence-electron chi connectivity index (χ1n) is 3.00. The van der Waals surface area contributed by atoms with Gasteiger partial charge >= 0.3 is 0 Å². The van der Waals surface area contributed by atoms with Gasteiger partial charge in [-0.3, -0.25) is 9.80 Å². The first-order valence-corrected chi connectivity index (χ1v) is 3.00. The van der Waals surface area contributed by atoms with Crippen molar-refractivity contribution >= 4 is 0 Å². The third-order valence-electron chi connectivity index (χ3n) is 1.06. The van der Waals surface area contributed by atoms with Crippen LogP contribution in [-0.2, 0) is 0 Å². The van der Waals surface area contributed by atoms with Crippen molar-refractivity contribution in [3.05, 3.63) is 0 Å². The number of rotatable bonds is 3. The molecule has 0 aliphatic heterocycles. The average Bonchev–Trinajstić information content (AvgIpc) is 1.65. The van der Waals surface area contributed by atoms with Gasteiger partial charge in [0.05, 0.1) is 0 Å². The van der Waals surface area contributed by atoms with Crippen LogP contribution in [0.4, 0.5) is 0 Å². The Morgan fingerprint density at radius 2 is 1.17 bits per heavy atom. The molecule has 0 saturated heterocycles. The topological polar surface area (TPSA) is 6.48 Å². The fraction of sp³-hybridized carbons (Fsp3) is 1.00. The molecule has 0 bridgehead atoms. The van der Waals surface area contributed by atoms with E-state index in [0.717, 1.165) is 13.2 Å². The van der Waals surface area contributed by atoms with Crippen molar-refractivity contribution in [1.82, 2.24) is 9.80 Å². The van der Waals surface area contributed by atoms with Gasteiger partial charge in [-0.2, -0.15) is 0 Å². The highest BCUT2D eigenvalue weighted by atomic mass is 15.3. The zero-order valence-corrected chi connectivity index (χ0v) is 6.31. The predicted octanol–water partition coefficient (Wildman–Crippen LogP) is 3.00. The maximum Gasteiger partial charge on any atom is 0.0497 e. The summed E-state index contributed by atoms with van der Waals surface area (Å²) in [6.07, 6.45) is 0. The molecule has 0 spiro atoms. The van der Waals surface area contributed by atoms with E-state index in [2.05, 4.69) is 37.9 Å². The molecule has 0 fully saturated rings. The third-order valence-corrected chi connectivity index (χ3v) is 1.06. The molecule has 0 N–H and O–H groups in total. The van der Waals surface area contributed by atoms with Gasteiger partial charge in [0.2, 0.25) is 0 Å². The van der Waals surface area contributed by atoms with Crippen LogP contribution in [0.1, 0.15) is 36.6 Å². The van der Waals surface area contributed by atoms with E-state index in [1.165, 1.54) is 0 Å². The lowest BCUT2D eigenvalue weighted by Crippen LogP contribution is -2.29. The largest absolute Gasteiger partial charge is 0.297 e. The minimum absolute atomic E-state index is 0. The van der Waals surface area contributed by atoms with E-state index >= 15 is 0 Å². The van der Waals surface area contributed by atoms with Crippen molar-refractivity contribution in [1.29, 1.82) is 0 Å². The highest BCUT2D eigenvalue weighted by molar-refractivity contribution is 4.41. The predicted molar refractivity (Wildman–Crippen MR) is 63.8 cm³/mol. The SMILES string of the molecule is C.C.C.C.CCN(C)CN(C)C. The molecule has 2 nitrogen and oxygen atoms in total. The molecule has 0 aromatic heterocycles. The Morgan fingerprint density at radius 3 is 1.25 bits per heavy atom. The summed E-state index contributed by atoms with van der Waals surface area (Å²) in [5, 5.41) is 0. The lowest BCUT2D eigenvalue weighted by Gasteiger charge is -2.18. The summed E-state index contributed by atoms with van der Waals surface area (Å²) >= 11 is 0. The highest BCUT2D eigenvalue weighted by Crippen LogP contribution is 1.80. The van der Waals surface area contributed by atoms with E-state index in [9.17, 15) is 0 Å². The number of nitrogens with zero attached hydrogens (tertiary/aromatic N) is 2. The van der Waals surface area contributed by atoms with E-state index < -0.39 is 0 Å². The smallest absolute Gasteiger partial charge is 0.0497 e. The molecule has 0 aliphatic carbocycles. The fourth-order valence-electron chi connectivity index (χ4n) is 0.583. The minimum Gasteiger partial charge on any atom is -0.297 e. The monoisotopic (exact) mass is 180 g/mol. The first kappa shape index (κ1) is 29.7. The maximum absolute atomic E-state index is 2.25. The lowest BCUT2D eigenvalue weighted by atomic mass is 10.6. The molecule has 0 heterocycles. The Morgan fingerprint density at radius 1 is 0.833 bits per heavy atom. The van der Waals surface area contributed by atoms with Crippen molar-refractivity contribution in [2.24, 2.45) is 0 Å². The van der Waals surface area contributed by atoms with Gasteiger partial charge in [0, 0.05) is 6.67 Å². The molecule has 0 radical (unpaired) electrons. The minimum atomic E-state index is 0. The molecule has 0 aromatic rings. The Kier molecular flexibility index (Phi) is 42.4. The highest BCUT2D eigenvalue weighted by Gasteiger charge is 1.92. The molecule has 82 valence electrons. The Balaban J connectivity index is -0.0000000408. The van der Waals surface area contributed by atoms with Gasteiger partial charge in [0.25, 0.3) is 0 Å². The summed E-state index contributed by atoms with van der Waals surface area (Å²) in [4.78, 5) is 4.41. The van der Waals surface area contributed by atoms with Crippen LogP contribution in [0, 0.1) is 0 Å². The second-order valence-corrected chi connectivity index (χ2v) is 2.39. The summed E-state index contributed by atoms with van der Waals surface area (Å²) in [6, 6.07) is 0. The van der Waals surface area contributed by atoms with Gasteiger partial charge in [-0.15, -0.1) is 0 Å². The summed E-state index contributed by atoms with van der Waals surface area (Å²) < 4.78 is 0. The van der Waals surface area contributed by atoms with Crippen LogP contribution < -0.4 is 0 Å². The van der Waals surface area contributed by atoms with Gasteiger partial charge in [-0.1, -0.05) is 36.6 Å². The molecule has 0 saturated carbocycles. The van der Waals surface area contributed by atoms with Crippen LogP contribution in [0.15, 0.2) is 0 Å². The fourth-order valence-corrected chi connectivity index (χ4v) is 0.583. The molecule has 12 heavy (non-hydrogen) atoms. The molecule has 0 aromatic carbocycles. The second-order valence-electron chi connectivity index (χ2n) is 2.39. The van der Waals surface area contributed by atoms with Crippen molar-refractivity contribution in [3.8, 4) is 0 Å². The second kappa shape index (κ2) is 17.1. The zero-order valence-electron chi connectivity index (χ0n) is 6.31. The summed E-state index contributed by atoms with van der Waals surface area (Å²) in [6.45, 7) is 4.33. The van der Waals surface area contributed by atoms with Crippen molar-refractivity contribution in [2.45, 2.75) is 36.6 Å². The van der Waals surface area contributed by atoms with Crippen molar-refractivity contribution in [2.75, 3.05) is 34.4 Å². The standard InChI is InChI=1S/C6H16N2.4CH4/c1-5-8(4)6-7(2)3;;;;/h5-6H2,1-4H3;4*1H4. The summed E-state index contributed by atoms with van der Waals surface area (Å²) in [5.41, 5.74) is 0. The molecular weight excluding hydrogens is 148 g/mol. The van der Waals surface area contributed by atoms with Crippen LogP contribution >= 0.6 is 0 Å². The first-order chi connectivity index (χ1) is 3.66. The molecule has 2 heteroatoms. The van der Waals surface area contributed by atoms with E-state index in [-0.39, 0.29) is 29.7 Å². The van der Waals surface area contributed by atoms with Crippen LogP contribution in [0.5, 0.6) is 0 Å². The van der Waals surface area contributed by atoms with Gasteiger partial charge in [0.1, 0.15) is 0 Å². The van der Waals surface area contributed by atoms with Crippen molar-refractivity contribution < 1.29 is 0 Å². The van der Waals surface area contributed by atoms with Gasteiger partial charge in [-0.05, 0) is 27.7 Å². The zero-order chi connectivity index (χ0) is 6.57. The van der Waals surface area contributed by atoms with E-state index in [1.54, 1.807) is 0 Å². The van der Waals surface area contributed by atoms with Gasteiger partial charge in [0.15, 0.2) is 0 Å². The number of hydrogen-bond donors (Lipinski definition) is 0. The van der Waals surface area contributed by atoms with Gasteiger partial charge in [-0.25, -0.2) is 0 Å². The molecule has 0 rings (SSSR count). The quantitative estimate of drug-likeness (QED) is 0.616. The molecule has 0 unspecified atom stereocenters. The lowest BCUT2D eigenvalue weighted by molar-refractivity contribution is 0.219. The normalized spacial score (nSPS) is 7.50. The Labute approximate surface area is 81.6 Å². The Bertz CT molecular complexity index is 53.8. The van der Waals surface area contributed by atoms with E-state index in [0.29, 0.717) is 0 Å². The average molecular weight is 180 g/mol. The Hall–Kier alpha value is -0.0800. The molecular formula is C10H32N2. The maximum atomic E-state index is 2.25. The molecule has 0 aliphatic rings. The van der Waals surface area contributed by atoms with Crippen LogP contribution in [-0.4, -0.2) is 44.2 Å². The van der Waals surface area contributed by atoms with E-state index in [1.807, 2.05) is 0 Å². The summed E-state index contributed by atoms with van der Waals surface area (Å²) in [7, 11) is 6.26. The van der Waals surface area contributed by atoms with Gasteiger partial charge < -0.3 is 0 Å². The van der Waals surface area contributed by atoms with Crippen LogP contribution in [0.2, 0.25) is 0 Å². The molecule has 0 atom stereocenters. The number of hydrogen-bond acceptors (Lipinski definition) is 2. The van der Waals surface area contributed by atoms with E-state index in [4.69, 9.17) is 0 Å². The van der Waals surface area contributed by atoms with Crippen LogP contribution in [0.3, 0.4) is 0 Å².